The lowest BCUT2D eigenvalue weighted by molar-refractivity contribution is -0.0221. The van der Waals surface area contributed by atoms with E-state index in [9.17, 15) is 8.78 Å². The number of morpholine rings is 1. The molecule has 1 saturated heterocycles. The largest absolute Gasteiger partial charge is 0.492 e. The van der Waals surface area contributed by atoms with Gasteiger partial charge in [0.2, 0.25) is 5.95 Å². The minimum atomic E-state index is -2.72. The van der Waals surface area contributed by atoms with E-state index in [-0.39, 0.29) is 23.6 Å². The molecular weight excluding hydrogens is 442 g/mol. The number of halogens is 3. The first-order valence-corrected chi connectivity index (χ1v) is 10.8. The number of nitrogen functional groups attached to an aromatic ring is 1. The van der Waals surface area contributed by atoms with Crippen molar-refractivity contribution in [3.63, 3.8) is 0 Å². The standard InChI is InChI=1S/C21H25ClF2N6O2/c22-18-12-16(26-21(25)27-18)19-15(13-30(28-19)20(23)24)11-14-3-1-2-4-17(14)32-10-7-29-5-8-31-9-6-29/h1-4,12,15,20H,5-11,13H2,(H2,25,26,27). The average molecular weight is 467 g/mol. The van der Waals surface area contributed by atoms with Crippen LogP contribution < -0.4 is 10.5 Å². The number of benzene rings is 1. The predicted octanol–water partition coefficient (Wildman–Crippen LogP) is 2.52. The molecule has 2 aliphatic rings. The Morgan fingerprint density at radius 1 is 1.22 bits per heavy atom. The summed E-state index contributed by atoms with van der Waals surface area (Å²) in [6, 6.07) is 9.12. The summed E-state index contributed by atoms with van der Waals surface area (Å²) in [5.41, 5.74) is 7.37. The highest BCUT2D eigenvalue weighted by Crippen LogP contribution is 2.29. The van der Waals surface area contributed by atoms with Crippen LogP contribution in [0.2, 0.25) is 5.15 Å². The zero-order valence-corrected chi connectivity index (χ0v) is 18.2. The molecule has 2 N–H and O–H groups in total. The van der Waals surface area contributed by atoms with E-state index in [1.54, 1.807) is 0 Å². The van der Waals surface area contributed by atoms with Gasteiger partial charge in [0.1, 0.15) is 17.5 Å². The summed E-state index contributed by atoms with van der Waals surface area (Å²) in [7, 11) is 0. The van der Waals surface area contributed by atoms with Crippen molar-refractivity contribution in [2.24, 2.45) is 11.0 Å². The van der Waals surface area contributed by atoms with Crippen LogP contribution >= 0.6 is 11.6 Å². The second-order valence-electron chi connectivity index (χ2n) is 7.63. The number of nitrogens with zero attached hydrogens (tertiary/aromatic N) is 5. The minimum absolute atomic E-state index is 0.0312. The quantitative estimate of drug-likeness (QED) is 0.472. The third-order valence-electron chi connectivity index (χ3n) is 5.44. The molecule has 1 aromatic carbocycles. The lowest BCUT2D eigenvalue weighted by atomic mass is 9.93. The molecule has 2 aliphatic heterocycles. The Morgan fingerprint density at radius 3 is 2.75 bits per heavy atom. The molecule has 8 nitrogen and oxygen atoms in total. The van der Waals surface area contributed by atoms with Gasteiger partial charge >= 0.3 is 6.55 Å². The number of aromatic nitrogens is 2. The van der Waals surface area contributed by atoms with E-state index < -0.39 is 6.55 Å². The maximum atomic E-state index is 13.4. The molecule has 0 spiro atoms. The van der Waals surface area contributed by atoms with Crippen LogP contribution in [-0.4, -0.2) is 78.1 Å². The van der Waals surface area contributed by atoms with Crippen LogP contribution in [0.1, 0.15) is 11.3 Å². The normalized spacial score (nSPS) is 19.4. The zero-order chi connectivity index (χ0) is 22.5. The molecule has 0 radical (unpaired) electrons. The number of hydrazone groups is 1. The van der Waals surface area contributed by atoms with Gasteiger partial charge in [0.05, 0.1) is 31.2 Å². The molecule has 1 aromatic heterocycles. The topological polar surface area (TPSA) is 89.1 Å². The van der Waals surface area contributed by atoms with Gasteiger partial charge in [-0.2, -0.15) is 13.9 Å². The Kier molecular flexibility index (Phi) is 7.33. The van der Waals surface area contributed by atoms with E-state index in [0.717, 1.165) is 49.2 Å². The number of para-hydroxylation sites is 1. The summed E-state index contributed by atoms with van der Waals surface area (Å²) in [5.74, 6) is 0.366. The van der Waals surface area contributed by atoms with E-state index in [4.69, 9.17) is 26.8 Å². The van der Waals surface area contributed by atoms with Crippen LogP contribution in [0.3, 0.4) is 0 Å². The molecule has 0 amide bonds. The van der Waals surface area contributed by atoms with Crippen molar-refractivity contribution in [2.75, 3.05) is 51.7 Å². The van der Waals surface area contributed by atoms with Gasteiger partial charge in [-0.15, -0.1) is 0 Å². The Labute approximate surface area is 190 Å². The van der Waals surface area contributed by atoms with Crippen molar-refractivity contribution in [1.29, 1.82) is 0 Å². The Hall–Kier alpha value is -2.56. The minimum Gasteiger partial charge on any atom is -0.492 e. The molecule has 3 heterocycles. The summed E-state index contributed by atoms with van der Waals surface area (Å²) in [4.78, 5) is 10.3. The molecular formula is C21H25ClF2N6O2. The van der Waals surface area contributed by atoms with Crippen molar-refractivity contribution in [1.82, 2.24) is 19.9 Å². The van der Waals surface area contributed by atoms with Crippen molar-refractivity contribution in [3.05, 3.63) is 46.7 Å². The molecule has 32 heavy (non-hydrogen) atoms. The second-order valence-corrected chi connectivity index (χ2v) is 8.02. The first-order chi connectivity index (χ1) is 15.5. The molecule has 1 fully saturated rings. The fraction of sp³-hybridized carbons (Fsp3) is 0.476. The Morgan fingerprint density at radius 2 is 2.00 bits per heavy atom. The predicted molar refractivity (Wildman–Crippen MR) is 117 cm³/mol. The summed E-state index contributed by atoms with van der Waals surface area (Å²) >= 11 is 6.00. The molecule has 2 aromatic rings. The third-order valence-corrected chi connectivity index (χ3v) is 5.63. The number of hydrogen-bond acceptors (Lipinski definition) is 8. The van der Waals surface area contributed by atoms with Crippen LogP contribution in [0, 0.1) is 5.92 Å². The third kappa shape index (κ3) is 5.62. The van der Waals surface area contributed by atoms with E-state index in [1.807, 2.05) is 24.3 Å². The van der Waals surface area contributed by atoms with Crippen molar-refractivity contribution in [2.45, 2.75) is 13.0 Å². The first kappa shape index (κ1) is 22.6. The molecule has 1 atom stereocenters. The summed E-state index contributed by atoms with van der Waals surface area (Å²) in [6.45, 7) is 1.91. The summed E-state index contributed by atoms with van der Waals surface area (Å²) in [6.07, 6.45) is 0.456. The number of alkyl halides is 2. The average Bonchev–Trinajstić information content (AvgIpc) is 3.19. The number of anilines is 1. The van der Waals surface area contributed by atoms with Gasteiger partial charge in [-0.1, -0.05) is 29.8 Å². The number of ether oxygens (including phenoxy) is 2. The highest BCUT2D eigenvalue weighted by atomic mass is 35.5. The van der Waals surface area contributed by atoms with E-state index in [0.29, 0.717) is 24.4 Å². The smallest absolute Gasteiger partial charge is 0.329 e. The van der Waals surface area contributed by atoms with Crippen molar-refractivity contribution >= 4 is 23.3 Å². The van der Waals surface area contributed by atoms with Gasteiger partial charge in [-0.3, -0.25) is 4.90 Å². The molecule has 1 unspecified atom stereocenters. The fourth-order valence-corrected chi connectivity index (χ4v) is 4.06. The van der Waals surface area contributed by atoms with Crippen molar-refractivity contribution < 1.29 is 18.3 Å². The summed E-state index contributed by atoms with van der Waals surface area (Å²) in [5, 5.41) is 5.00. The number of hydrogen-bond donors (Lipinski definition) is 1. The van der Waals surface area contributed by atoms with Crippen LogP contribution in [0.15, 0.2) is 35.4 Å². The van der Waals surface area contributed by atoms with Gasteiger partial charge in [-0.25, -0.2) is 15.0 Å². The molecule has 0 aliphatic carbocycles. The Balaban J connectivity index is 1.49. The zero-order valence-electron chi connectivity index (χ0n) is 17.5. The van der Waals surface area contributed by atoms with Crippen LogP contribution in [0.5, 0.6) is 5.75 Å². The first-order valence-electron chi connectivity index (χ1n) is 10.4. The van der Waals surface area contributed by atoms with E-state index >= 15 is 0 Å². The van der Waals surface area contributed by atoms with E-state index in [1.165, 1.54) is 6.07 Å². The second kappa shape index (κ2) is 10.4. The van der Waals surface area contributed by atoms with Crippen LogP contribution in [0.4, 0.5) is 14.7 Å². The van der Waals surface area contributed by atoms with Crippen molar-refractivity contribution in [3.8, 4) is 5.75 Å². The van der Waals surface area contributed by atoms with E-state index in [2.05, 4.69) is 20.0 Å². The molecule has 11 heteroatoms. The number of rotatable bonds is 8. The monoisotopic (exact) mass is 466 g/mol. The highest BCUT2D eigenvalue weighted by Gasteiger charge is 2.33. The Bertz CT molecular complexity index is 937. The molecule has 172 valence electrons. The number of nitrogens with two attached hydrogens (primary N) is 1. The molecule has 0 bridgehead atoms. The van der Waals surface area contributed by atoms with Crippen LogP contribution in [0.25, 0.3) is 0 Å². The lowest BCUT2D eigenvalue weighted by Gasteiger charge is -2.26. The van der Waals surface area contributed by atoms with Gasteiger partial charge in [0.15, 0.2) is 0 Å². The van der Waals surface area contributed by atoms with Gasteiger partial charge < -0.3 is 15.2 Å². The highest BCUT2D eigenvalue weighted by molar-refractivity contribution is 6.29. The molecule has 4 rings (SSSR count). The maximum absolute atomic E-state index is 13.4. The van der Waals surface area contributed by atoms with Gasteiger partial charge in [0, 0.05) is 31.6 Å². The van der Waals surface area contributed by atoms with Gasteiger partial charge in [0.25, 0.3) is 0 Å². The summed E-state index contributed by atoms with van der Waals surface area (Å²) < 4.78 is 38.3. The SMILES string of the molecule is Nc1nc(Cl)cc(C2=NN(C(F)F)CC2Cc2ccccc2OCCN2CCOCC2)n1. The lowest BCUT2D eigenvalue weighted by Crippen LogP contribution is -2.38. The molecule has 0 saturated carbocycles. The van der Waals surface area contributed by atoms with Gasteiger partial charge in [-0.05, 0) is 18.1 Å². The fourth-order valence-electron chi connectivity index (χ4n) is 3.87. The van der Waals surface area contributed by atoms with Crippen LogP contribution in [-0.2, 0) is 11.2 Å². The maximum Gasteiger partial charge on any atom is 0.329 e.